The Morgan fingerprint density at radius 1 is 1.26 bits per heavy atom. The van der Waals surface area contributed by atoms with E-state index in [9.17, 15) is 4.79 Å². The van der Waals surface area contributed by atoms with E-state index in [0.717, 1.165) is 25.3 Å². The van der Waals surface area contributed by atoms with E-state index >= 15 is 0 Å². The highest BCUT2D eigenvalue weighted by Gasteiger charge is 2.44. The summed E-state index contributed by atoms with van der Waals surface area (Å²) in [6.07, 6.45) is 8.47. The van der Waals surface area contributed by atoms with Crippen molar-refractivity contribution in [2.45, 2.75) is 68.7 Å². The Bertz CT molecular complexity index is 335. The first-order valence-corrected chi connectivity index (χ1v) is 8.88. The Morgan fingerprint density at radius 2 is 2.16 bits per heavy atom. The number of amides is 1. The molecule has 3 heterocycles. The van der Waals surface area contributed by atoms with Crippen molar-refractivity contribution in [2.24, 2.45) is 0 Å². The lowest BCUT2D eigenvalue weighted by Crippen LogP contribution is -2.56. The van der Waals surface area contributed by atoms with E-state index in [2.05, 4.69) is 17.1 Å². The van der Waals surface area contributed by atoms with Gasteiger partial charge >= 0.3 is 0 Å². The van der Waals surface area contributed by atoms with Crippen molar-refractivity contribution in [2.75, 3.05) is 18.8 Å². The fraction of sp³-hybridized carbons (Fsp3) is 0.933. The molecular weight excluding hydrogens is 256 g/mol. The van der Waals surface area contributed by atoms with E-state index in [-0.39, 0.29) is 4.75 Å². The van der Waals surface area contributed by atoms with Gasteiger partial charge in [0.25, 0.3) is 0 Å². The molecule has 0 aromatic rings. The molecule has 0 radical (unpaired) electrons. The van der Waals surface area contributed by atoms with Crippen molar-refractivity contribution < 1.29 is 4.79 Å². The van der Waals surface area contributed by atoms with Crippen LogP contribution in [0.2, 0.25) is 0 Å². The summed E-state index contributed by atoms with van der Waals surface area (Å²) in [5, 5.41) is 3.61. The lowest BCUT2D eigenvalue weighted by atomic mass is 9.92. The van der Waals surface area contributed by atoms with Crippen LogP contribution < -0.4 is 5.32 Å². The van der Waals surface area contributed by atoms with Crippen LogP contribution in [0.3, 0.4) is 0 Å². The molecule has 3 aliphatic heterocycles. The van der Waals surface area contributed by atoms with Crippen LogP contribution in [0.25, 0.3) is 0 Å². The summed E-state index contributed by atoms with van der Waals surface area (Å²) in [6, 6.07) is 1.01. The second kappa shape index (κ2) is 5.65. The molecule has 0 aliphatic carbocycles. The third kappa shape index (κ3) is 2.66. The van der Waals surface area contributed by atoms with Gasteiger partial charge in [0.15, 0.2) is 0 Å². The summed E-state index contributed by atoms with van der Waals surface area (Å²) in [6.45, 7) is 4.29. The minimum Gasteiger partial charge on any atom is -0.337 e. The molecule has 0 aromatic carbocycles. The van der Waals surface area contributed by atoms with Gasteiger partial charge in [0, 0.05) is 18.6 Å². The summed E-state index contributed by atoms with van der Waals surface area (Å²) in [5.41, 5.74) is 0. The van der Waals surface area contributed by atoms with Crippen LogP contribution >= 0.6 is 11.8 Å². The topological polar surface area (TPSA) is 32.3 Å². The number of hydrogen-bond acceptors (Lipinski definition) is 3. The maximum atomic E-state index is 13.0. The van der Waals surface area contributed by atoms with Gasteiger partial charge in [0.2, 0.25) is 5.91 Å². The third-order valence-electron chi connectivity index (χ3n) is 5.04. The Labute approximate surface area is 120 Å². The van der Waals surface area contributed by atoms with Gasteiger partial charge in [-0.25, -0.2) is 0 Å². The Balaban J connectivity index is 1.74. The minimum atomic E-state index is -0.131. The summed E-state index contributed by atoms with van der Waals surface area (Å²) in [4.78, 5) is 15.2. The van der Waals surface area contributed by atoms with E-state index in [4.69, 9.17) is 0 Å². The average Bonchev–Trinajstić information content (AvgIpc) is 3.10. The molecule has 3 saturated heterocycles. The van der Waals surface area contributed by atoms with Gasteiger partial charge < -0.3 is 10.2 Å². The molecule has 0 saturated carbocycles. The molecule has 1 N–H and O–H groups in total. The molecule has 108 valence electrons. The first-order valence-electron chi connectivity index (χ1n) is 7.89. The molecule has 1 amide bonds. The number of carbonyl (C=O) groups is 1. The Hall–Kier alpha value is -0.220. The van der Waals surface area contributed by atoms with Gasteiger partial charge in [0.1, 0.15) is 0 Å². The number of nitrogens with zero attached hydrogens (tertiary/aromatic N) is 1. The molecule has 3 unspecified atom stereocenters. The van der Waals surface area contributed by atoms with Crippen molar-refractivity contribution in [3.63, 3.8) is 0 Å². The number of hydrogen-bond donors (Lipinski definition) is 1. The number of likely N-dealkylation sites (tertiary alicyclic amines) is 1. The van der Waals surface area contributed by atoms with E-state index in [1.165, 1.54) is 38.5 Å². The van der Waals surface area contributed by atoms with Gasteiger partial charge in [-0.05, 0) is 64.2 Å². The van der Waals surface area contributed by atoms with Gasteiger partial charge in [0.05, 0.1) is 4.75 Å². The SMILES string of the molecule is CC1(C(=O)N2CCCCC2C2CCCN2)CCCS1. The van der Waals surface area contributed by atoms with Gasteiger partial charge in [-0.2, -0.15) is 0 Å². The van der Waals surface area contributed by atoms with Gasteiger partial charge in [-0.15, -0.1) is 11.8 Å². The fourth-order valence-electron chi connectivity index (χ4n) is 3.92. The van der Waals surface area contributed by atoms with Crippen LogP contribution in [0.1, 0.15) is 51.9 Å². The van der Waals surface area contributed by atoms with Gasteiger partial charge in [-0.1, -0.05) is 0 Å². The van der Waals surface area contributed by atoms with E-state index < -0.39 is 0 Å². The number of nitrogens with one attached hydrogen (secondary N) is 1. The van der Waals surface area contributed by atoms with Crippen molar-refractivity contribution in [1.29, 1.82) is 0 Å². The first-order chi connectivity index (χ1) is 9.21. The van der Waals surface area contributed by atoms with Crippen molar-refractivity contribution in [1.82, 2.24) is 10.2 Å². The molecular formula is C15H26N2OS. The van der Waals surface area contributed by atoms with Crippen LogP contribution in [0.15, 0.2) is 0 Å². The third-order valence-corrected chi connectivity index (χ3v) is 6.55. The highest BCUT2D eigenvalue weighted by Crippen LogP contribution is 2.40. The molecule has 19 heavy (non-hydrogen) atoms. The number of thioether (sulfide) groups is 1. The molecule has 0 aromatic heterocycles. The van der Waals surface area contributed by atoms with Gasteiger partial charge in [-0.3, -0.25) is 4.79 Å². The zero-order valence-corrected chi connectivity index (χ0v) is 12.8. The lowest BCUT2D eigenvalue weighted by Gasteiger charge is -2.42. The van der Waals surface area contributed by atoms with E-state index in [1.807, 2.05) is 11.8 Å². The zero-order valence-electron chi connectivity index (χ0n) is 12.0. The van der Waals surface area contributed by atoms with E-state index in [0.29, 0.717) is 18.0 Å². The van der Waals surface area contributed by atoms with Crippen LogP contribution in [0, 0.1) is 0 Å². The molecule has 3 nitrogen and oxygen atoms in total. The molecule has 3 aliphatic rings. The highest BCUT2D eigenvalue weighted by atomic mass is 32.2. The first kappa shape index (κ1) is 13.7. The minimum absolute atomic E-state index is 0.131. The van der Waals surface area contributed by atoms with Crippen molar-refractivity contribution in [3.05, 3.63) is 0 Å². The summed E-state index contributed by atoms with van der Waals surface area (Å²) < 4.78 is -0.131. The molecule has 4 heteroatoms. The molecule has 3 fully saturated rings. The van der Waals surface area contributed by atoms with Crippen LogP contribution in [0.5, 0.6) is 0 Å². The zero-order chi connectivity index (χ0) is 13.3. The predicted octanol–water partition coefficient (Wildman–Crippen LogP) is 2.41. The quantitative estimate of drug-likeness (QED) is 0.844. The average molecular weight is 282 g/mol. The second-order valence-electron chi connectivity index (χ2n) is 6.45. The Morgan fingerprint density at radius 3 is 2.84 bits per heavy atom. The van der Waals surface area contributed by atoms with E-state index in [1.54, 1.807) is 0 Å². The molecule has 3 atom stereocenters. The largest absolute Gasteiger partial charge is 0.337 e. The predicted molar refractivity (Wildman–Crippen MR) is 80.5 cm³/mol. The normalized spacial score (nSPS) is 39.7. The summed E-state index contributed by atoms with van der Waals surface area (Å²) >= 11 is 1.88. The standard InChI is InChI=1S/C15H26N2OS/c1-15(8-5-11-19-15)14(18)17-10-3-2-7-13(17)12-6-4-9-16-12/h12-13,16H,2-11H2,1H3. The number of carbonyl (C=O) groups excluding carboxylic acids is 1. The maximum Gasteiger partial charge on any atom is 0.238 e. The molecule has 3 rings (SSSR count). The number of rotatable bonds is 2. The smallest absolute Gasteiger partial charge is 0.238 e. The Kier molecular flexibility index (Phi) is 4.08. The monoisotopic (exact) mass is 282 g/mol. The van der Waals surface area contributed by atoms with Crippen molar-refractivity contribution in [3.8, 4) is 0 Å². The van der Waals surface area contributed by atoms with Crippen molar-refractivity contribution >= 4 is 17.7 Å². The summed E-state index contributed by atoms with van der Waals surface area (Å²) in [7, 11) is 0. The highest BCUT2D eigenvalue weighted by molar-refractivity contribution is 8.01. The lowest BCUT2D eigenvalue weighted by molar-refractivity contribution is -0.137. The fourth-order valence-corrected chi connectivity index (χ4v) is 5.19. The maximum absolute atomic E-state index is 13.0. The second-order valence-corrected chi connectivity index (χ2v) is 8.05. The molecule has 0 spiro atoms. The van der Waals surface area contributed by atoms with Crippen LogP contribution in [-0.2, 0) is 4.79 Å². The van der Waals surface area contributed by atoms with Crippen LogP contribution in [0.4, 0.5) is 0 Å². The van der Waals surface area contributed by atoms with Crippen LogP contribution in [-0.4, -0.2) is 46.5 Å². The summed E-state index contributed by atoms with van der Waals surface area (Å²) in [5.74, 6) is 1.58. The number of piperidine rings is 1. The molecule has 0 bridgehead atoms.